The van der Waals surface area contributed by atoms with Gasteiger partial charge in [-0.25, -0.2) is 14.8 Å². The Hall–Kier alpha value is -1.45. The van der Waals surface area contributed by atoms with Crippen molar-refractivity contribution in [3.05, 3.63) is 24.3 Å². The van der Waals surface area contributed by atoms with Gasteiger partial charge in [-0.1, -0.05) is 6.42 Å². The second kappa shape index (κ2) is 4.17. The Kier molecular flexibility index (Phi) is 2.72. The molecule has 4 heteroatoms. The van der Waals surface area contributed by atoms with Crippen molar-refractivity contribution in [2.45, 2.75) is 19.3 Å². The first kappa shape index (κ1) is 9.12. The number of carbonyl (C=O) groups excluding carboxylic acids is 1. The number of ether oxygens (including phenoxy) is 1. The van der Waals surface area contributed by atoms with E-state index in [1.54, 1.807) is 6.07 Å². The maximum absolute atomic E-state index is 11.4. The number of aromatic nitrogens is 2. The van der Waals surface area contributed by atoms with Crippen LogP contribution in [-0.4, -0.2) is 22.5 Å². The van der Waals surface area contributed by atoms with Gasteiger partial charge in [0.25, 0.3) is 0 Å². The highest BCUT2D eigenvalue weighted by molar-refractivity contribution is 5.86. The van der Waals surface area contributed by atoms with Crippen molar-refractivity contribution in [1.82, 2.24) is 9.97 Å². The molecule has 0 radical (unpaired) electrons. The van der Waals surface area contributed by atoms with E-state index in [2.05, 4.69) is 9.97 Å². The number of hydrogen-bond donors (Lipinski definition) is 0. The van der Waals surface area contributed by atoms with Gasteiger partial charge in [0.05, 0.1) is 6.61 Å². The van der Waals surface area contributed by atoms with Crippen LogP contribution in [0.25, 0.3) is 0 Å². The van der Waals surface area contributed by atoms with Gasteiger partial charge >= 0.3 is 5.97 Å². The van der Waals surface area contributed by atoms with Gasteiger partial charge < -0.3 is 4.74 Å². The fourth-order valence-corrected chi connectivity index (χ4v) is 1.34. The maximum Gasteiger partial charge on any atom is 0.357 e. The van der Waals surface area contributed by atoms with Gasteiger partial charge in [0.2, 0.25) is 0 Å². The maximum atomic E-state index is 11.4. The predicted molar refractivity (Wildman–Crippen MR) is 49.7 cm³/mol. The van der Waals surface area contributed by atoms with Crippen LogP contribution in [0.15, 0.2) is 18.6 Å². The van der Waals surface area contributed by atoms with E-state index in [-0.39, 0.29) is 5.97 Å². The second-order valence-corrected chi connectivity index (χ2v) is 3.49. The van der Waals surface area contributed by atoms with Crippen LogP contribution in [0.5, 0.6) is 0 Å². The Morgan fingerprint density at radius 3 is 3.00 bits per heavy atom. The molecular formula is C10H12N2O2. The minimum absolute atomic E-state index is 0.333. The number of esters is 1. The lowest BCUT2D eigenvalue weighted by Crippen LogP contribution is -2.20. The molecule has 0 bridgehead atoms. The fourth-order valence-electron chi connectivity index (χ4n) is 1.34. The Balaban J connectivity index is 1.83. The van der Waals surface area contributed by atoms with Crippen LogP contribution in [0.4, 0.5) is 0 Å². The molecule has 0 saturated heterocycles. The first-order valence-electron chi connectivity index (χ1n) is 4.79. The van der Waals surface area contributed by atoms with E-state index in [0.717, 1.165) is 0 Å². The molecule has 1 aliphatic rings. The van der Waals surface area contributed by atoms with Gasteiger partial charge in [0.15, 0.2) is 5.69 Å². The lowest BCUT2D eigenvalue weighted by Gasteiger charge is -2.24. The molecule has 1 saturated carbocycles. The third kappa shape index (κ3) is 2.07. The van der Waals surface area contributed by atoms with Crippen LogP contribution in [0.2, 0.25) is 0 Å². The summed E-state index contributed by atoms with van der Waals surface area (Å²) >= 11 is 0. The van der Waals surface area contributed by atoms with E-state index in [1.165, 1.54) is 31.8 Å². The third-order valence-electron chi connectivity index (χ3n) is 2.47. The molecule has 0 aliphatic heterocycles. The quantitative estimate of drug-likeness (QED) is 0.680. The highest BCUT2D eigenvalue weighted by Crippen LogP contribution is 2.26. The molecule has 74 valence electrons. The Morgan fingerprint density at radius 1 is 1.57 bits per heavy atom. The standard InChI is InChI=1S/C10H12N2O2/c13-10(9-4-5-11-7-12-9)14-6-8-2-1-3-8/h4-5,7-8H,1-3,6H2. The monoisotopic (exact) mass is 192 g/mol. The van der Waals surface area contributed by atoms with Gasteiger partial charge in [-0.05, 0) is 24.8 Å². The van der Waals surface area contributed by atoms with E-state index in [4.69, 9.17) is 4.74 Å². The summed E-state index contributed by atoms with van der Waals surface area (Å²) in [6.07, 6.45) is 6.50. The van der Waals surface area contributed by atoms with Crippen molar-refractivity contribution >= 4 is 5.97 Å². The predicted octanol–water partition coefficient (Wildman–Crippen LogP) is 1.43. The number of rotatable bonds is 3. The minimum atomic E-state index is -0.348. The lowest BCUT2D eigenvalue weighted by atomic mass is 9.86. The van der Waals surface area contributed by atoms with Crippen LogP contribution < -0.4 is 0 Å². The molecule has 2 rings (SSSR count). The molecule has 0 amide bonds. The highest BCUT2D eigenvalue weighted by Gasteiger charge is 2.19. The molecule has 1 aromatic rings. The molecule has 4 nitrogen and oxygen atoms in total. The SMILES string of the molecule is O=C(OCC1CCC1)c1ccncn1. The number of nitrogens with zero attached hydrogens (tertiary/aromatic N) is 2. The van der Waals surface area contributed by atoms with Gasteiger partial charge in [0, 0.05) is 6.20 Å². The zero-order chi connectivity index (χ0) is 9.80. The fraction of sp³-hybridized carbons (Fsp3) is 0.500. The van der Waals surface area contributed by atoms with Gasteiger partial charge in [-0.3, -0.25) is 0 Å². The average molecular weight is 192 g/mol. The van der Waals surface area contributed by atoms with Crippen molar-refractivity contribution in [1.29, 1.82) is 0 Å². The molecule has 14 heavy (non-hydrogen) atoms. The summed E-state index contributed by atoms with van der Waals surface area (Å²) in [6.45, 7) is 0.531. The van der Waals surface area contributed by atoms with E-state index < -0.39 is 0 Å². The summed E-state index contributed by atoms with van der Waals surface area (Å²) in [6, 6.07) is 1.56. The van der Waals surface area contributed by atoms with Crippen LogP contribution in [-0.2, 0) is 4.74 Å². The highest BCUT2D eigenvalue weighted by atomic mass is 16.5. The van der Waals surface area contributed by atoms with E-state index in [1.807, 2.05) is 0 Å². The van der Waals surface area contributed by atoms with Gasteiger partial charge in [-0.2, -0.15) is 0 Å². The molecule has 1 aromatic heterocycles. The largest absolute Gasteiger partial charge is 0.461 e. The summed E-state index contributed by atoms with van der Waals surface area (Å²) < 4.78 is 5.10. The van der Waals surface area contributed by atoms with Crippen molar-refractivity contribution < 1.29 is 9.53 Å². The minimum Gasteiger partial charge on any atom is -0.461 e. The van der Waals surface area contributed by atoms with Crippen LogP contribution in [0.3, 0.4) is 0 Å². The summed E-state index contributed by atoms with van der Waals surface area (Å²) in [5.74, 6) is 0.222. The summed E-state index contributed by atoms with van der Waals surface area (Å²) in [5.41, 5.74) is 0.333. The molecule has 0 spiro atoms. The average Bonchev–Trinajstić information content (AvgIpc) is 2.16. The van der Waals surface area contributed by atoms with Crippen molar-refractivity contribution in [2.24, 2.45) is 5.92 Å². The van der Waals surface area contributed by atoms with E-state index >= 15 is 0 Å². The lowest BCUT2D eigenvalue weighted by molar-refractivity contribution is 0.0364. The first-order valence-corrected chi connectivity index (χ1v) is 4.79. The third-order valence-corrected chi connectivity index (χ3v) is 2.47. The molecule has 1 aliphatic carbocycles. The van der Waals surface area contributed by atoms with Crippen molar-refractivity contribution in [3.63, 3.8) is 0 Å². The van der Waals surface area contributed by atoms with Gasteiger partial charge in [0.1, 0.15) is 6.33 Å². The first-order chi connectivity index (χ1) is 6.86. The molecule has 0 unspecified atom stereocenters. The van der Waals surface area contributed by atoms with Crippen LogP contribution in [0, 0.1) is 5.92 Å². The normalized spacial score (nSPS) is 16.0. The molecule has 0 N–H and O–H groups in total. The summed E-state index contributed by atoms with van der Waals surface area (Å²) in [5, 5.41) is 0. The second-order valence-electron chi connectivity index (χ2n) is 3.49. The molecule has 0 aromatic carbocycles. The summed E-state index contributed by atoms with van der Waals surface area (Å²) in [4.78, 5) is 18.9. The Labute approximate surface area is 82.3 Å². The van der Waals surface area contributed by atoms with Crippen LogP contribution >= 0.6 is 0 Å². The van der Waals surface area contributed by atoms with Crippen molar-refractivity contribution in [3.8, 4) is 0 Å². The topological polar surface area (TPSA) is 52.1 Å². The Bertz CT molecular complexity index is 309. The van der Waals surface area contributed by atoms with E-state index in [9.17, 15) is 4.79 Å². The van der Waals surface area contributed by atoms with Crippen LogP contribution in [0.1, 0.15) is 29.8 Å². The number of hydrogen-bond acceptors (Lipinski definition) is 4. The summed E-state index contributed by atoms with van der Waals surface area (Å²) in [7, 11) is 0. The Morgan fingerprint density at radius 2 is 2.43 bits per heavy atom. The molecule has 1 heterocycles. The van der Waals surface area contributed by atoms with Crippen molar-refractivity contribution in [2.75, 3.05) is 6.61 Å². The number of carbonyl (C=O) groups is 1. The zero-order valence-corrected chi connectivity index (χ0v) is 7.85. The zero-order valence-electron chi connectivity index (χ0n) is 7.85. The van der Waals surface area contributed by atoms with Gasteiger partial charge in [-0.15, -0.1) is 0 Å². The molecule has 0 atom stereocenters. The van der Waals surface area contributed by atoms with E-state index in [0.29, 0.717) is 18.2 Å². The smallest absolute Gasteiger partial charge is 0.357 e. The molecular weight excluding hydrogens is 180 g/mol. The molecule has 1 fully saturated rings.